The highest BCUT2D eigenvalue weighted by atomic mass is 32.2. The molecule has 1 heterocycles. The SMILES string of the molecule is C=C(C)/C(C)=C/C1Sc2ccccc2N(C)C1=O. The number of hydrogen-bond donors (Lipinski definition) is 0. The number of carbonyl (C=O) groups is 1. The van der Waals surface area contributed by atoms with Crippen molar-refractivity contribution < 1.29 is 4.79 Å². The molecule has 1 atom stereocenters. The zero-order valence-corrected chi connectivity index (χ0v) is 11.8. The lowest BCUT2D eigenvalue weighted by atomic mass is 10.1. The summed E-state index contributed by atoms with van der Waals surface area (Å²) in [6.45, 7) is 7.86. The molecule has 0 bridgehead atoms. The first-order valence-electron chi connectivity index (χ1n) is 5.88. The second-order valence-electron chi connectivity index (χ2n) is 4.53. The third-order valence-electron chi connectivity index (χ3n) is 3.13. The van der Waals surface area contributed by atoms with E-state index in [1.54, 1.807) is 16.7 Å². The van der Waals surface area contributed by atoms with Gasteiger partial charge in [0.1, 0.15) is 5.25 Å². The number of thioether (sulfide) groups is 1. The molecule has 0 saturated heterocycles. The highest BCUT2D eigenvalue weighted by Gasteiger charge is 2.29. The molecule has 0 N–H and O–H groups in total. The van der Waals surface area contributed by atoms with Crippen LogP contribution in [0.1, 0.15) is 13.8 Å². The lowest BCUT2D eigenvalue weighted by Crippen LogP contribution is -2.37. The van der Waals surface area contributed by atoms with Crippen LogP contribution in [0.4, 0.5) is 5.69 Å². The molecular formula is C15H17NOS. The molecule has 1 aliphatic rings. The molecule has 0 radical (unpaired) electrons. The molecule has 1 amide bonds. The van der Waals surface area contributed by atoms with Crippen LogP contribution in [-0.4, -0.2) is 18.2 Å². The summed E-state index contributed by atoms with van der Waals surface area (Å²) in [5.41, 5.74) is 3.07. The first-order chi connectivity index (χ1) is 8.50. The molecule has 0 saturated carbocycles. The van der Waals surface area contributed by atoms with E-state index in [1.165, 1.54) is 0 Å². The number of fused-ring (bicyclic) bond motifs is 1. The van der Waals surface area contributed by atoms with Crippen LogP contribution in [0, 0.1) is 0 Å². The zero-order chi connectivity index (χ0) is 13.3. The number of amides is 1. The minimum Gasteiger partial charge on any atom is -0.313 e. The topological polar surface area (TPSA) is 20.3 Å². The van der Waals surface area contributed by atoms with E-state index in [4.69, 9.17) is 0 Å². The van der Waals surface area contributed by atoms with Gasteiger partial charge in [-0.2, -0.15) is 0 Å². The van der Waals surface area contributed by atoms with Gasteiger partial charge in [-0.1, -0.05) is 35.9 Å². The molecule has 94 valence electrons. The molecule has 0 fully saturated rings. The third kappa shape index (κ3) is 2.36. The highest BCUT2D eigenvalue weighted by Crippen LogP contribution is 2.39. The summed E-state index contributed by atoms with van der Waals surface area (Å²) in [6.07, 6.45) is 2.00. The zero-order valence-electron chi connectivity index (χ0n) is 10.9. The second-order valence-corrected chi connectivity index (χ2v) is 5.72. The lowest BCUT2D eigenvalue weighted by Gasteiger charge is -2.29. The van der Waals surface area contributed by atoms with Crippen molar-refractivity contribution in [3.8, 4) is 0 Å². The molecule has 2 nitrogen and oxygen atoms in total. The van der Waals surface area contributed by atoms with Crippen molar-refractivity contribution in [1.29, 1.82) is 0 Å². The van der Waals surface area contributed by atoms with Crippen molar-refractivity contribution in [2.45, 2.75) is 24.0 Å². The second kappa shape index (κ2) is 5.02. The minimum atomic E-state index is -0.151. The number of nitrogens with zero attached hydrogens (tertiary/aromatic N) is 1. The van der Waals surface area contributed by atoms with Gasteiger partial charge in [-0.15, -0.1) is 11.8 Å². The molecule has 1 aliphatic heterocycles. The number of rotatable bonds is 2. The molecule has 3 heteroatoms. The molecule has 18 heavy (non-hydrogen) atoms. The van der Waals surface area contributed by atoms with Crippen molar-refractivity contribution in [2.24, 2.45) is 0 Å². The lowest BCUT2D eigenvalue weighted by molar-refractivity contribution is -0.117. The van der Waals surface area contributed by atoms with Crippen LogP contribution < -0.4 is 4.90 Å². The number of para-hydroxylation sites is 1. The van der Waals surface area contributed by atoms with Gasteiger partial charge in [0.25, 0.3) is 0 Å². The van der Waals surface area contributed by atoms with Gasteiger partial charge in [-0.05, 0) is 26.0 Å². The molecule has 1 unspecified atom stereocenters. The van der Waals surface area contributed by atoms with Gasteiger partial charge in [-0.3, -0.25) is 4.79 Å². The van der Waals surface area contributed by atoms with Crippen LogP contribution in [0.2, 0.25) is 0 Å². The first kappa shape index (κ1) is 13.0. The van der Waals surface area contributed by atoms with Crippen LogP contribution in [-0.2, 0) is 4.79 Å². The quantitative estimate of drug-likeness (QED) is 0.756. The van der Waals surface area contributed by atoms with Crippen molar-refractivity contribution in [3.63, 3.8) is 0 Å². The van der Waals surface area contributed by atoms with Crippen molar-refractivity contribution >= 4 is 23.4 Å². The van der Waals surface area contributed by atoms with Crippen LogP contribution in [0.25, 0.3) is 0 Å². The van der Waals surface area contributed by atoms with E-state index >= 15 is 0 Å². The molecule has 1 aromatic carbocycles. The Kier molecular flexibility index (Phi) is 3.62. The summed E-state index contributed by atoms with van der Waals surface area (Å²) in [5.74, 6) is 0.124. The van der Waals surface area contributed by atoms with E-state index < -0.39 is 0 Å². The Hall–Kier alpha value is -1.48. The average molecular weight is 259 g/mol. The number of hydrogen-bond acceptors (Lipinski definition) is 2. The Morgan fingerprint density at radius 2 is 2.06 bits per heavy atom. The number of anilines is 1. The molecule has 0 spiro atoms. The first-order valence-corrected chi connectivity index (χ1v) is 6.76. The Morgan fingerprint density at radius 3 is 2.72 bits per heavy atom. The van der Waals surface area contributed by atoms with Gasteiger partial charge >= 0.3 is 0 Å². The molecule has 0 aliphatic carbocycles. The van der Waals surface area contributed by atoms with Gasteiger partial charge in [-0.25, -0.2) is 0 Å². The Balaban J connectivity index is 2.36. The van der Waals surface area contributed by atoms with Crippen molar-refractivity contribution in [1.82, 2.24) is 0 Å². The normalized spacial score (nSPS) is 19.7. The van der Waals surface area contributed by atoms with Gasteiger partial charge < -0.3 is 4.90 Å². The molecule has 1 aromatic rings. The number of allylic oxidation sites excluding steroid dienone is 2. The van der Waals surface area contributed by atoms with E-state index in [1.807, 2.05) is 45.2 Å². The summed E-state index contributed by atoms with van der Waals surface area (Å²) in [5, 5.41) is -0.151. The fraction of sp³-hybridized carbons (Fsp3) is 0.267. The number of carbonyl (C=O) groups excluding carboxylic acids is 1. The van der Waals surface area contributed by atoms with E-state index in [9.17, 15) is 4.79 Å². The summed E-state index contributed by atoms with van der Waals surface area (Å²) in [7, 11) is 1.83. The maximum absolute atomic E-state index is 12.3. The largest absolute Gasteiger partial charge is 0.313 e. The Labute approximate surface area is 112 Å². The molecule has 2 rings (SSSR count). The summed E-state index contributed by atoms with van der Waals surface area (Å²) in [4.78, 5) is 15.2. The smallest absolute Gasteiger partial charge is 0.244 e. The van der Waals surface area contributed by atoms with E-state index in [0.717, 1.165) is 21.7 Å². The van der Waals surface area contributed by atoms with E-state index in [-0.39, 0.29) is 11.2 Å². The predicted molar refractivity (Wildman–Crippen MR) is 78.1 cm³/mol. The number of benzene rings is 1. The molecular weight excluding hydrogens is 242 g/mol. The monoisotopic (exact) mass is 259 g/mol. The van der Waals surface area contributed by atoms with Crippen LogP contribution in [0.5, 0.6) is 0 Å². The standard InChI is InChI=1S/C15H17NOS/c1-10(2)11(3)9-14-15(17)16(4)12-7-5-6-8-13(12)18-14/h5-9,14H,1H2,2-4H3/b11-9+. The minimum absolute atomic E-state index is 0.124. The van der Waals surface area contributed by atoms with Crippen molar-refractivity contribution in [3.05, 3.63) is 48.1 Å². The third-order valence-corrected chi connectivity index (χ3v) is 4.32. The summed E-state index contributed by atoms with van der Waals surface area (Å²) >= 11 is 1.61. The molecule has 0 aromatic heterocycles. The maximum Gasteiger partial charge on any atom is 0.244 e. The fourth-order valence-electron chi connectivity index (χ4n) is 1.81. The van der Waals surface area contributed by atoms with Gasteiger partial charge in [0.2, 0.25) is 5.91 Å². The van der Waals surface area contributed by atoms with Crippen LogP contribution in [0.15, 0.2) is 53.0 Å². The van der Waals surface area contributed by atoms with Gasteiger partial charge in [0.05, 0.1) is 5.69 Å². The Bertz CT molecular complexity index is 533. The average Bonchev–Trinajstić information content (AvgIpc) is 2.35. The van der Waals surface area contributed by atoms with Gasteiger partial charge in [0.15, 0.2) is 0 Å². The predicted octanol–water partition coefficient (Wildman–Crippen LogP) is 3.65. The van der Waals surface area contributed by atoms with E-state index in [2.05, 4.69) is 12.6 Å². The van der Waals surface area contributed by atoms with Gasteiger partial charge in [0, 0.05) is 11.9 Å². The fourth-order valence-corrected chi connectivity index (χ4v) is 3.09. The Morgan fingerprint density at radius 1 is 1.39 bits per heavy atom. The van der Waals surface area contributed by atoms with Crippen LogP contribution >= 0.6 is 11.8 Å². The summed E-state index contributed by atoms with van der Waals surface area (Å²) < 4.78 is 0. The highest BCUT2D eigenvalue weighted by molar-refractivity contribution is 8.01. The summed E-state index contributed by atoms with van der Waals surface area (Å²) in [6, 6.07) is 7.99. The van der Waals surface area contributed by atoms with E-state index in [0.29, 0.717) is 0 Å². The maximum atomic E-state index is 12.3. The van der Waals surface area contributed by atoms with Crippen LogP contribution in [0.3, 0.4) is 0 Å². The van der Waals surface area contributed by atoms with Crippen molar-refractivity contribution in [2.75, 3.05) is 11.9 Å².